The lowest BCUT2D eigenvalue weighted by atomic mass is 9.94. The molecule has 0 aliphatic heterocycles. The monoisotopic (exact) mass is 577 g/mol. The number of unbranched alkanes of at least 4 members (excludes halogenated alkanes) is 23. The number of hydrogen-bond acceptors (Lipinski definition) is 3. The molecular weight excluding hydrogens is 510 g/mol. The summed E-state index contributed by atoms with van der Waals surface area (Å²) in [4.78, 5) is 0. The summed E-state index contributed by atoms with van der Waals surface area (Å²) in [6, 6.07) is 0. The van der Waals surface area contributed by atoms with Crippen LogP contribution in [0.5, 0.6) is 0 Å². The molecule has 0 saturated heterocycles. The molecule has 4 heteroatoms. The molecule has 0 rings (SSSR count). The average Bonchev–Trinajstić information content (AvgIpc) is 2.85. The molecule has 0 radical (unpaired) electrons. The van der Waals surface area contributed by atoms with Crippen molar-refractivity contribution in [3.63, 3.8) is 0 Å². The highest BCUT2D eigenvalue weighted by atomic mass is 35.5. The van der Waals surface area contributed by atoms with E-state index in [9.17, 15) is 0 Å². The molecule has 0 bridgehead atoms. The van der Waals surface area contributed by atoms with Gasteiger partial charge in [-0.15, -0.1) is 24.2 Å². The second kappa shape index (κ2) is 32.9. The maximum absolute atomic E-state index is 6.58. The van der Waals surface area contributed by atoms with E-state index in [1.807, 2.05) is 6.92 Å². The Labute approximate surface area is 250 Å². The third kappa shape index (κ3) is 31.1. The maximum atomic E-state index is 6.58. The highest BCUT2D eigenvalue weighted by Crippen LogP contribution is 2.27. The molecule has 0 saturated carbocycles. The number of halogens is 1. The number of thiocarbonyl (C=S) groups is 1. The van der Waals surface area contributed by atoms with Gasteiger partial charge in [0.1, 0.15) is 0 Å². The molecule has 224 valence electrons. The fraction of sp³-hybridized carbons (Fsp3) is 0.970. The van der Waals surface area contributed by atoms with E-state index in [4.69, 9.17) is 18.0 Å². The molecule has 2 unspecified atom stereocenters. The fourth-order valence-electron chi connectivity index (χ4n) is 5.43. The summed E-state index contributed by atoms with van der Waals surface area (Å²) in [6.07, 6.45) is 38.2. The zero-order chi connectivity index (χ0) is 26.5. The van der Waals surface area contributed by atoms with Crippen molar-refractivity contribution in [2.45, 2.75) is 200 Å². The second-order valence-corrected chi connectivity index (χ2v) is 13.8. The Morgan fingerprint density at radius 1 is 0.514 bits per heavy atom. The first-order valence-electron chi connectivity index (χ1n) is 16.5. The van der Waals surface area contributed by atoms with Crippen molar-refractivity contribution in [3.8, 4) is 0 Å². The lowest BCUT2D eigenvalue weighted by molar-refractivity contribution is 0.394. The minimum atomic E-state index is 0. The van der Waals surface area contributed by atoms with Gasteiger partial charge in [0.15, 0.2) is 0 Å². The molecule has 37 heavy (non-hydrogen) atoms. The third-order valence-electron chi connectivity index (χ3n) is 7.87. The van der Waals surface area contributed by atoms with Crippen molar-refractivity contribution < 1.29 is 0 Å². The molecule has 0 amide bonds. The van der Waals surface area contributed by atoms with Crippen molar-refractivity contribution in [1.82, 2.24) is 0 Å². The van der Waals surface area contributed by atoms with Crippen LogP contribution in [0.25, 0.3) is 0 Å². The SMILES string of the molecule is CCCCCCCCCCCCCCCC(CCCCCCCCCCCCCC)C(N)SC(C)=S.Cl. The topological polar surface area (TPSA) is 26.0 Å². The first-order chi connectivity index (χ1) is 17.6. The van der Waals surface area contributed by atoms with Gasteiger partial charge in [0.25, 0.3) is 0 Å². The average molecular weight is 579 g/mol. The first kappa shape index (κ1) is 39.8. The minimum Gasteiger partial charge on any atom is -0.319 e. The summed E-state index contributed by atoms with van der Waals surface area (Å²) in [5, 5.41) is 0.201. The van der Waals surface area contributed by atoms with Crippen LogP contribution in [0.2, 0.25) is 0 Å². The molecule has 1 nitrogen and oxygen atoms in total. The van der Waals surface area contributed by atoms with Gasteiger partial charge in [0, 0.05) is 4.20 Å². The highest BCUT2D eigenvalue weighted by molar-refractivity contribution is 8.23. The van der Waals surface area contributed by atoms with Crippen molar-refractivity contribution in [3.05, 3.63) is 0 Å². The molecule has 0 aromatic heterocycles. The first-order valence-corrected chi connectivity index (χ1v) is 17.8. The van der Waals surface area contributed by atoms with E-state index < -0.39 is 0 Å². The number of nitrogens with two attached hydrogens (primary N) is 1. The van der Waals surface area contributed by atoms with E-state index in [1.165, 1.54) is 173 Å². The van der Waals surface area contributed by atoms with Crippen LogP contribution in [-0.4, -0.2) is 9.57 Å². The van der Waals surface area contributed by atoms with E-state index in [-0.39, 0.29) is 17.8 Å². The van der Waals surface area contributed by atoms with E-state index in [2.05, 4.69) is 13.8 Å². The minimum absolute atomic E-state index is 0. The van der Waals surface area contributed by atoms with Crippen molar-refractivity contribution in [2.75, 3.05) is 0 Å². The van der Waals surface area contributed by atoms with Crippen molar-refractivity contribution >= 4 is 40.6 Å². The Morgan fingerprint density at radius 2 is 0.757 bits per heavy atom. The molecule has 0 spiro atoms. The molecule has 0 aromatic carbocycles. The maximum Gasteiger partial charge on any atom is 0.0588 e. The van der Waals surface area contributed by atoms with Crippen LogP contribution in [0.4, 0.5) is 0 Å². The molecular formula is C33H68ClNS2. The molecule has 0 heterocycles. The van der Waals surface area contributed by atoms with Gasteiger partial charge in [-0.25, -0.2) is 0 Å². The quantitative estimate of drug-likeness (QED) is 0.0543. The summed E-state index contributed by atoms with van der Waals surface area (Å²) in [7, 11) is 0. The van der Waals surface area contributed by atoms with Crippen LogP contribution in [0.3, 0.4) is 0 Å². The molecule has 0 aromatic rings. The Morgan fingerprint density at radius 3 is 1.00 bits per heavy atom. The van der Waals surface area contributed by atoms with Crippen LogP contribution in [0.1, 0.15) is 194 Å². The predicted molar refractivity (Wildman–Crippen MR) is 181 cm³/mol. The molecule has 0 aliphatic carbocycles. The normalized spacial score (nSPS) is 12.9. The standard InChI is InChI=1S/C33H67NS2.ClH/c1-4-6-8-10-12-14-16-18-20-22-24-26-28-30-32(33(34)36-31(3)35)29-27-25-23-21-19-17-15-13-11-9-7-5-2;/h32-33H,4-30,34H2,1-3H3;1H. The predicted octanol–water partition coefficient (Wildman–Crippen LogP) is 13.0. The van der Waals surface area contributed by atoms with E-state index >= 15 is 0 Å². The van der Waals surface area contributed by atoms with Gasteiger partial charge in [0.05, 0.1) is 5.37 Å². The fourth-order valence-corrected chi connectivity index (χ4v) is 6.61. The van der Waals surface area contributed by atoms with Gasteiger partial charge in [0.2, 0.25) is 0 Å². The molecule has 2 N–H and O–H groups in total. The van der Waals surface area contributed by atoms with Gasteiger partial charge in [-0.3, -0.25) is 0 Å². The van der Waals surface area contributed by atoms with Gasteiger partial charge >= 0.3 is 0 Å². The Balaban J connectivity index is 0. The van der Waals surface area contributed by atoms with Crippen LogP contribution in [0, 0.1) is 5.92 Å². The summed E-state index contributed by atoms with van der Waals surface area (Å²) in [5.41, 5.74) is 6.58. The highest BCUT2D eigenvalue weighted by Gasteiger charge is 2.18. The lowest BCUT2D eigenvalue weighted by Gasteiger charge is -2.23. The van der Waals surface area contributed by atoms with Gasteiger partial charge < -0.3 is 5.73 Å². The van der Waals surface area contributed by atoms with Crippen molar-refractivity contribution in [1.29, 1.82) is 0 Å². The largest absolute Gasteiger partial charge is 0.319 e. The number of hydrogen-bond donors (Lipinski definition) is 1. The molecule has 2 atom stereocenters. The lowest BCUT2D eigenvalue weighted by Crippen LogP contribution is -2.27. The zero-order valence-corrected chi connectivity index (χ0v) is 28.0. The van der Waals surface area contributed by atoms with Crippen LogP contribution in [0.15, 0.2) is 0 Å². The number of thioether (sulfide) groups is 1. The summed E-state index contributed by atoms with van der Waals surface area (Å²) < 4.78 is 1.01. The number of rotatable bonds is 29. The smallest absolute Gasteiger partial charge is 0.0588 e. The Hall–Kier alpha value is 0.690. The van der Waals surface area contributed by atoms with Crippen LogP contribution >= 0.6 is 36.4 Å². The Bertz CT molecular complexity index is 446. The second-order valence-electron chi connectivity index (χ2n) is 11.5. The van der Waals surface area contributed by atoms with Gasteiger partial charge in [-0.05, 0) is 25.7 Å². The van der Waals surface area contributed by atoms with Crippen LogP contribution < -0.4 is 5.73 Å². The molecule has 0 aliphatic rings. The van der Waals surface area contributed by atoms with E-state index in [1.54, 1.807) is 11.8 Å². The van der Waals surface area contributed by atoms with Crippen molar-refractivity contribution in [2.24, 2.45) is 11.7 Å². The van der Waals surface area contributed by atoms with Crippen LogP contribution in [-0.2, 0) is 0 Å². The zero-order valence-electron chi connectivity index (χ0n) is 25.5. The summed E-state index contributed by atoms with van der Waals surface area (Å²) >= 11 is 7.09. The third-order valence-corrected chi connectivity index (χ3v) is 9.15. The van der Waals surface area contributed by atoms with E-state index in [0.717, 1.165) is 4.20 Å². The summed E-state index contributed by atoms with van der Waals surface area (Å²) in [6.45, 7) is 6.63. The Kier molecular flexibility index (Phi) is 35.4. The molecule has 0 fully saturated rings. The summed E-state index contributed by atoms with van der Waals surface area (Å²) in [5.74, 6) is 0.642. The van der Waals surface area contributed by atoms with Gasteiger partial charge in [-0.2, -0.15) is 0 Å². The van der Waals surface area contributed by atoms with E-state index in [0.29, 0.717) is 5.92 Å². The van der Waals surface area contributed by atoms with Gasteiger partial charge in [-0.1, -0.05) is 187 Å².